The van der Waals surface area contributed by atoms with Crippen LogP contribution in [0.4, 0.5) is 0 Å². The second-order valence-electron chi connectivity index (χ2n) is 10.8. The fourth-order valence-electron chi connectivity index (χ4n) is 4.12. The third-order valence-electron chi connectivity index (χ3n) is 6.76. The molecule has 0 aliphatic heterocycles. The molecule has 0 heterocycles. The van der Waals surface area contributed by atoms with E-state index in [1.54, 1.807) is 30.3 Å². The second-order valence-corrected chi connectivity index (χ2v) is 10.8. The van der Waals surface area contributed by atoms with Crippen molar-refractivity contribution in [2.45, 2.75) is 58.3 Å². The number of unbranched alkanes of at least 4 members (excludes halogenated alkanes) is 6. The molecule has 0 aromatic heterocycles. The molecule has 282 valence electrons. The van der Waals surface area contributed by atoms with E-state index < -0.39 is 11.8 Å². The van der Waals surface area contributed by atoms with E-state index in [-0.39, 0.29) is 25.8 Å². The van der Waals surface area contributed by atoms with Crippen LogP contribution in [0.2, 0.25) is 0 Å². The average Bonchev–Trinajstić information content (AvgIpc) is 3.12. The van der Waals surface area contributed by atoms with Crippen LogP contribution in [0, 0.1) is 0 Å². The molecule has 0 aliphatic carbocycles. The predicted molar refractivity (Wildman–Crippen MR) is 182 cm³/mol. The van der Waals surface area contributed by atoms with Crippen molar-refractivity contribution in [1.82, 2.24) is 0 Å². The first-order chi connectivity index (χ1) is 24.1. The molecule has 0 N–H and O–H groups in total. The summed E-state index contributed by atoms with van der Waals surface area (Å²) in [5, 5.41) is 0. The van der Waals surface area contributed by atoms with Crippen molar-refractivity contribution in [1.29, 1.82) is 0 Å². The molecule has 0 fully saturated rings. The van der Waals surface area contributed by atoms with Crippen LogP contribution in [0.25, 0.3) is 0 Å². The summed E-state index contributed by atoms with van der Waals surface area (Å²) < 4.78 is 53.5. The molecule has 0 atom stereocenters. The number of carbonyl (C=O) groups excluding carboxylic acids is 3. The minimum atomic E-state index is -0.899. The summed E-state index contributed by atoms with van der Waals surface area (Å²) in [6.45, 7) is 9.23. The molecule has 49 heavy (non-hydrogen) atoms. The third-order valence-corrected chi connectivity index (χ3v) is 6.76. The lowest BCUT2D eigenvalue weighted by atomic mass is 10.1. The fourth-order valence-corrected chi connectivity index (χ4v) is 4.12. The normalized spacial score (nSPS) is 11.1. The highest BCUT2D eigenvalue weighted by molar-refractivity contribution is 6.40. The van der Waals surface area contributed by atoms with Gasteiger partial charge in [-0.3, -0.25) is 9.59 Å². The first-order valence-electron chi connectivity index (χ1n) is 17.7. The van der Waals surface area contributed by atoms with E-state index in [4.69, 9.17) is 47.4 Å². The van der Waals surface area contributed by atoms with Gasteiger partial charge in [-0.05, 0) is 6.42 Å². The van der Waals surface area contributed by atoms with Gasteiger partial charge in [-0.15, -0.1) is 0 Å². The average molecular weight is 701 g/mol. The van der Waals surface area contributed by atoms with Crippen LogP contribution in [0.5, 0.6) is 0 Å². The molecule has 0 bridgehead atoms. The summed E-state index contributed by atoms with van der Waals surface area (Å²) in [7, 11) is 0. The molecule has 0 saturated heterocycles. The lowest BCUT2D eigenvalue weighted by Gasteiger charge is -2.09. The maximum atomic E-state index is 11.9. The Hall–Kier alpha value is -2.49. The molecule has 0 spiro atoms. The van der Waals surface area contributed by atoms with Crippen LogP contribution in [0.3, 0.4) is 0 Å². The van der Waals surface area contributed by atoms with Gasteiger partial charge in [0.2, 0.25) is 0 Å². The summed E-state index contributed by atoms with van der Waals surface area (Å²) in [5.41, 5.74) is 0.294. The lowest BCUT2D eigenvalue weighted by Crippen LogP contribution is -2.20. The first kappa shape index (κ1) is 44.5. The topological polar surface area (TPSA) is 144 Å². The highest BCUT2D eigenvalue weighted by Gasteiger charge is 2.17. The van der Waals surface area contributed by atoms with Gasteiger partial charge in [-0.2, -0.15) is 0 Å². The molecule has 0 saturated carbocycles. The Labute approximate surface area is 292 Å². The standard InChI is InChI=1S/C36H60O13/c1-2-3-4-5-6-7-11-14-34(37)48-31-29-46-27-25-44-23-21-42-19-17-40-15-16-41-18-20-43-22-24-45-26-28-47-30-32-49-36(39)35(38)33-12-9-8-10-13-33/h8-10,12-13H,2-7,11,14-32H2,1H3. The Balaban J connectivity index is 1.68. The Kier molecular flexibility index (Phi) is 32.1. The zero-order valence-electron chi connectivity index (χ0n) is 29.6. The van der Waals surface area contributed by atoms with Crippen molar-refractivity contribution in [3.8, 4) is 0 Å². The van der Waals surface area contributed by atoms with Crippen LogP contribution in [-0.2, 0) is 57.0 Å². The van der Waals surface area contributed by atoms with Crippen molar-refractivity contribution in [2.24, 2.45) is 0 Å². The molecule has 0 aliphatic rings. The van der Waals surface area contributed by atoms with Gasteiger partial charge in [0, 0.05) is 12.0 Å². The van der Waals surface area contributed by atoms with Crippen molar-refractivity contribution < 1.29 is 61.8 Å². The number of hydrogen-bond donors (Lipinski definition) is 0. The fraction of sp³-hybridized carbons (Fsp3) is 0.750. The molecule has 0 radical (unpaired) electrons. The maximum Gasteiger partial charge on any atom is 0.379 e. The summed E-state index contributed by atoms with van der Waals surface area (Å²) >= 11 is 0. The Bertz CT molecular complexity index is 900. The zero-order chi connectivity index (χ0) is 35.3. The summed E-state index contributed by atoms with van der Waals surface area (Å²) in [5.74, 6) is -1.72. The number of Topliss-reactive ketones (excluding diaryl/α,β-unsaturated/α-hetero) is 1. The van der Waals surface area contributed by atoms with Gasteiger partial charge < -0.3 is 47.4 Å². The quantitative estimate of drug-likeness (QED) is 0.0423. The molecular formula is C36H60O13. The number of hydrogen-bond acceptors (Lipinski definition) is 13. The van der Waals surface area contributed by atoms with E-state index in [0.717, 1.165) is 12.8 Å². The predicted octanol–water partition coefficient (Wildman–Crippen LogP) is 4.23. The lowest BCUT2D eigenvalue weighted by molar-refractivity contribution is -0.145. The van der Waals surface area contributed by atoms with E-state index in [2.05, 4.69) is 6.92 Å². The van der Waals surface area contributed by atoms with Gasteiger partial charge in [-0.25, -0.2) is 4.79 Å². The largest absolute Gasteiger partial charge is 0.463 e. The van der Waals surface area contributed by atoms with E-state index in [9.17, 15) is 14.4 Å². The molecule has 1 rings (SSSR count). The zero-order valence-corrected chi connectivity index (χ0v) is 29.6. The van der Waals surface area contributed by atoms with Crippen LogP contribution in [-0.4, -0.2) is 137 Å². The van der Waals surface area contributed by atoms with Gasteiger partial charge in [-0.1, -0.05) is 75.8 Å². The number of rotatable bonds is 37. The number of ether oxygens (including phenoxy) is 10. The molecule has 1 aromatic carbocycles. The minimum absolute atomic E-state index is 0.00464. The molecule has 13 nitrogen and oxygen atoms in total. The molecule has 1 aromatic rings. The SMILES string of the molecule is CCCCCCCCCC(=O)OCCOCCOCCOCCOCCOCCOCCOCCOCCOC(=O)C(=O)c1ccccc1. The Morgan fingerprint density at radius 3 is 1.18 bits per heavy atom. The second kappa shape index (κ2) is 35.3. The van der Waals surface area contributed by atoms with Crippen LogP contribution in [0.15, 0.2) is 30.3 Å². The van der Waals surface area contributed by atoms with Gasteiger partial charge in [0.1, 0.15) is 13.2 Å². The molecule has 0 amide bonds. The highest BCUT2D eigenvalue weighted by atomic mass is 16.6. The molecule has 0 unspecified atom stereocenters. The molecular weight excluding hydrogens is 640 g/mol. The van der Waals surface area contributed by atoms with Crippen molar-refractivity contribution in [3.63, 3.8) is 0 Å². The maximum absolute atomic E-state index is 11.9. The smallest absolute Gasteiger partial charge is 0.379 e. The summed E-state index contributed by atoms with van der Waals surface area (Å²) in [4.78, 5) is 35.3. The summed E-state index contributed by atoms with van der Waals surface area (Å²) in [6.07, 6.45) is 8.74. The van der Waals surface area contributed by atoms with Gasteiger partial charge in [0.05, 0.1) is 106 Å². The molecule has 13 heteroatoms. The van der Waals surface area contributed by atoms with Gasteiger partial charge >= 0.3 is 11.9 Å². The number of ketones is 1. The monoisotopic (exact) mass is 700 g/mol. The van der Waals surface area contributed by atoms with E-state index >= 15 is 0 Å². The minimum Gasteiger partial charge on any atom is -0.463 e. The van der Waals surface area contributed by atoms with Crippen LogP contribution in [0.1, 0.15) is 68.6 Å². The number of esters is 2. The van der Waals surface area contributed by atoms with Crippen molar-refractivity contribution >= 4 is 17.7 Å². The van der Waals surface area contributed by atoms with Crippen LogP contribution >= 0.6 is 0 Å². The number of benzene rings is 1. The van der Waals surface area contributed by atoms with Crippen molar-refractivity contribution in [3.05, 3.63) is 35.9 Å². The van der Waals surface area contributed by atoms with E-state index in [1.807, 2.05) is 0 Å². The van der Waals surface area contributed by atoms with Gasteiger partial charge in [0.25, 0.3) is 5.78 Å². The van der Waals surface area contributed by atoms with Gasteiger partial charge in [0.15, 0.2) is 0 Å². The van der Waals surface area contributed by atoms with Crippen molar-refractivity contribution in [2.75, 3.05) is 119 Å². The Morgan fingerprint density at radius 2 is 0.776 bits per heavy atom. The first-order valence-corrected chi connectivity index (χ1v) is 17.7. The summed E-state index contributed by atoms with van der Waals surface area (Å²) in [6, 6.07) is 8.25. The van der Waals surface area contributed by atoms with E-state index in [0.29, 0.717) is 111 Å². The third kappa shape index (κ3) is 30.1. The number of carbonyl (C=O) groups is 3. The Morgan fingerprint density at radius 1 is 0.429 bits per heavy atom. The van der Waals surface area contributed by atoms with E-state index in [1.165, 1.54) is 32.1 Å². The highest BCUT2D eigenvalue weighted by Crippen LogP contribution is 2.08. The van der Waals surface area contributed by atoms with Crippen LogP contribution < -0.4 is 0 Å².